The number of nitrogens with zero attached hydrogens (tertiary/aromatic N) is 3. The molecular weight excluding hydrogens is 264 g/mol. The number of likely N-dealkylation sites (N-methyl/N-ethyl adjacent to an activating group) is 1. The lowest BCUT2D eigenvalue weighted by molar-refractivity contribution is 0.138. The molecular formula is C16H28N4O. The molecule has 21 heavy (non-hydrogen) atoms. The highest BCUT2D eigenvalue weighted by Crippen LogP contribution is 2.14. The van der Waals surface area contributed by atoms with E-state index in [1.165, 1.54) is 5.56 Å². The first-order valence-corrected chi connectivity index (χ1v) is 7.72. The first-order valence-electron chi connectivity index (χ1n) is 7.72. The first-order chi connectivity index (χ1) is 10.1. The van der Waals surface area contributed by atoms with Gasteiger partial charge >= 0.3 is 0 Å². The molecule has 0 aliphatic carbocycles. The minimum atomic E-state index is 0.564. The van der Waals surface area contributed by atoms with Gasteiger partial charge in [-0.2, -0.15) is 0 Å². The van der Waals surface area contributed by atoms with Gasteiger partial charge in [-0.15, -0.1) is 0 Å². The second kappa shape index (κ2) is 7.73. The minimum Gasteiger partial charge on any atom is -0.383 e. The SMILES string of the molecule is COCCN(C)c1ccc(CN2CC(C)NCC2C)cn1. The summed E-state index contributed by atoms with van der Waals surface area (Å²) in [5, 5.41) is 3.52. The molecule has 0 amide bonds. The quantitative estimate of drug-likeness (QED) is 0.857. The highest BCUT2D eigenvalue weighted by atomic mass is 16.5. The molecule has 118 valence electrons. The summed E-state index contributed by atoms with van der Waals surface area (Å²) in [5.74, 6) is 0.998. The van der Waals surface area contributed by atoms with Gasteiger partial charge in [0.15, 0.2) is 0 Å². The summed E-state index contributed by atoms with van der Waals surface area (Å²) >= 11 is 0. The lowest BCUT2D eigenvalue weighted by Crippen LogP contribution is -2.53. The van der Waals surface area contributed by atoms with E-state index in [-0.39, 0.29) is 0 Å². The fourth-order valence-corrected chi connectivity index (χ4v) is 2.63. The van der Waals surface area contributed by atoms with Gasteiger partial charge in [-0.3, -0.25) is 4.90 Å². The Hall–Kier alpha value is -1.17. The van der Waals surface area contributed by atoms with Crippen molar-refractivity contribution in [1.29, 1.82) is 0 Å². The molecule has 1 aromatic heterocycles. The van der Waals surface area contributed by atoms with Crippen LogP contribution < -0.4 is 10.2 Å². The van der Waals surface area contributed by atoms with Gasteiger partial charge in [0.2, 0.25) is 0 Å². The zero-order chi connectivity index (χ0) is 15.2. The van der Waals surface area contributed by atoms with Gasteiger partial charge in [-0.25, -0.2) is 4.98 Å². The third kappa shape index (κ3) is 4.66. The average Bonchev–Trinajstić information content (AvgIpc) is 2.49. The minimum absolute atomic E-state index is 0.564. The van der Waals surface area contributed by atoms with Crippen molar-refractivity contribution in [3.05, 3.63) is 23.9 Å². The van der Waals surface area contributed by atoms with Crippen LogP contribution in [0.4, 0.5) is 5.82 Å². The molecule has 0 saturated carbocycles. The molecule has 1 aromatic rings. The highest BCUT2D eigenvalue weighted by molar-refractivity contribution is 5.38. The van der Waals surface area contributed by atoms with Gasteiger partial charge in [0.05, 0.1) is 6.61 Å². The van der Waals surface area contributed by atoms with E-state index in [9.17, 15) is 0 Å². The van der Waals surface area contributed by atoms with E-state index >= 15 is 0 Å². The summed E-state index contributed by atoms with van der Waals surface area (Å²) in [6, 6.07) is 5.42. The van der Waals surface area contributed by atoms with Gasteiger partial charge in [0.1, 0.15) is 5.82 Å². The third-order valence-corrected chi connectivity index (χ3v) is 4.11. The number of hydrogen-bond donors (Lipinski definition) is 1. The van der Waals surface area contributed by atoms with Crippen molar-refractivity contribution in [2.24, 2.45) is 0 Å². The van der Waals surface area contributed by atoms with E-state index in [1.54, 1.807) is 7.11 Å². The van der Waals surface area contributed by atoms with Crippen molar-refractivity contribution in [2.45, 2.75) is 32.5 Å². The van der Waals surface area contributed by atoms with E-state index in [1.807, 2.05) is 13.2 Å². The first kappa shape index (κ1) is 16.2. The molecule has 0 spiro atoms. The largest absolute Gasteiger partial charge is 0.383 e. The van der Waals surface area contributed by atoms with Gasteiger partial charge in [-0.1, -0.05) is 6.07 Å². The molecule has 0 bridgehead atoms. The number of pyridine rings is 1. The summed E-state index contributed by atoms with van der Waals surface area (Å²) < 4.78 is 5.10. The normalized spacial score (nSPS) is 23.2. The van der Waals surface area contributed by atoms with Crippen molar-refractivity contribution in [3.8, 4) is 0 Å². The molecule has 2 atom stereocenters. The van der Waals surface area contributed by atoms with Crippen molar-refractivity contribution in [2.75, 3.05) is 45.3 Å². The Morgan fingerprint density at radius 3 is 2.90 bits per heavy atom. The monoisotopic (exact) mass is 292 g/mol. The maximum absolute atomic E-state index is 5.10. The molecule has 2 rings (SSSR count). The number of nitrogens with one attached hydrogen (secondary N) is 1. The molecule has 1 fully saturated rings. The molecule has 5 heteroatoms. The topological polar surface area (TPSA) is 40.6 Å². The van der Waals surface area contributed by atoms with E-state index in [2.05, 4.69) is 46.1 Å². The van der Waals surface area contributed by atoms with Crippen LogP contribution in [0.25, 0.3) is 0 Å². The Balaban J connectivity index is 1.92. The Bertz CT molecular complexity index is 423. The summed E-state index contributed by atoms with van der Waals surface area (Å²) in [5.41, 5.74) is 1.28. The second-order valence-electron chi connectivity index (χ2n) is 6.03. The van der Waals surface area contributed by atoms with E-state index < -0.39 is 0 Å². The summed E-state index contributed by atoms with van der Waals surface area (Å²) in [6.07, 6.45) is 2.00. The fourth-order valence-electron chi connectivity index (χ4n) is 2.63. The standard InChI is InChI=1S/C16H28N4O/c1-13-11-20(14(2)9-17-13)12-15-5-6-16(18-10-15)19(3)7-8-21-4/h5-6,10,13-14,17H,7-9,11-12H2,1-4H3. The lowest BCUT2D eigenvalue weighted by atomic mass is 10.1. The number of aromatic nitrogens is 1. The summed E-state index contributed by atoms with van der Waals surface area (Å²) in [4.78, 5) is 9.20. The number of anilines is 1. The molecule has 2 unspecified atom stereocenters. The molecule has 1 aliphatic heterocycles. The zero-order valence-electron chi connectivity index (χ0n) is 13.7. The number of ether oxygens (including phenoxy) is 1. The van der Waals surface area contributed by atoms with Crippen LogP contribution in [0, 0.1) is 0 Å². The second-order valence-corrected chi connectivity index (χ2v) is 6.03. The van der Waals surface area contributed by atoms with Crippen LogP contribution in [0.3, 0.4) is 0 Å². The number of rotatable bonds is 6. The van der Waals surface area contributed by atoms with Crippen molar-refractivity contribution >= 4 is 5.82 Å². The van der Waals surface area contributed by atoms with E-state index in [0.29, 0.717) is 12.1 Å². The Morgan fingerprint density at radius 1 is 1.43 bits per heavy atom. The maximum Gasteiger partial charge on any atom is 0.128 e. The van der Waals surface area contributed by atoms with Gasteiger partial charge < -0.3 is 15.0 Å². The van der Waals surface area contributed by atoms with Crippen molar-refractivity contribution < 1.29 is 4.74 Å². The smallest absolute Gasteiger partial charge is 0.128 e. The van der Waals surface area contributed by atoms with Gasteiger partial charge in [0, 0.05) is 58.6 Å². The number of hydrogen-bond acceptors (Lipinski definition) is 5. The Morgan fingerprint density at radius 2 is 2.24 bits per heavy atom. The Labute approximate surface area is 128 Å². The molecule has 2 heterocycles. The predicted octanol–water partition coefficient (Wildman–Crippen LogP) is 1.35. The summed E-state index contributed by atoms with van der Waals surface area (Å²) in [6.45, 7) is 9.22. The van der Waals surface area contributed by atoms with E-state index in [4.69, 9.17) is 4.74 Å². The maximum atomic E-state index is 5.10. The van der Waals surface area contributed by atoms with Crippen LogP contribution in [0.5, 0.6) is 0 Å². The molecule has 1 saturated heterocycles. The van der Waals surface area contributed by atoms with Crippen LogP contribution in [0.1, 0.15) is 19.4 Å². The summed E-state index contributed by atoms with van der Waals surface area (Å²) in [7, 11) is 3.76. The van der Waals surface area contributed by atoms with Crippen molar-refractivity contribution in [3.63, 3.8) is 0 Å². The molecule has 0 radical (unpaired) electrons. The zero-order valence-corrected chi connectivity index (χ0v) is 13.7. The molecule has 1 N–H and O–H groups in total. The fraction of sp³-hybridized carbons (Fsp3) is 0.688. The predicted molar refractivity (Wildman–Crippen MR) is 86.7 cm³/mol. The number of piperazine rings is 1. The molecule has 5 nitrogen and oxygen atoms in total. The molecule has 0 aromatic carbocycles. The number of methoxy groups -OCH3 is 1. The highest BCUT2D eigenvalue weighted by Gasteiger charge is 2.22. The van der Waals surface area contributed by atoms with Crippen molar-refractivity contribution in [1.82, 2.24) is 15.2 Å². The van der Waals surface area contributed by atoms with Gasteiger partial charge in [0.25, 0.3) is 0 Å². The average molecular weight is 292 g/mol. The lowest BCUT2D eigenvalue weighted by Gasteiger charge is -2.37. The van der Waals surface area contributed by atoms with Crippen LogP contribution in [0.2, 0.25) is 0 Å². The van der Waals surface area contributed by atoms with Gasteiger partial charge in [-0.05, 0) is 25.5 Å². The third-order valence-electron chi connectivity index (χ3n) is 4.11. The van der Waals surface area contributed by atoms with E-state index in [0.717, 1.165) is 38.6 Å². The Kier molecular flexibility index (Phi) is 5.96. The van der Waals surface area contributed by atoms with Crippen LogP contribution in [-0.4, -0.2) is 62.4 Å². The molecule has 1 aliphatic rings. The van der Waals surface area contributed by atoms with Crippen LogP contribution in [0.15, 0.2) is 18.3 Å². The van der Waals surface area contributed by atoms with Crippen LogP contribution in [-0.2, 0) is 11.3 Å². The van der Waals surface area contributed by atoms with Crippen LogP contribution >= 0.6 is 0 Å².